The Bertz CT molecular complexity index is 412. The van der Waals surface area contributed by atoms with Gasteiger partial charge in [0.25, 0.3) is 0 Å². The Labute approximate surface area is 113 Å². The molecule has 0 radical (unpaired) electrons. The predicted molar refractivity (Wildman–Crippen MR) is 74.0 cm³/mol. The molecule has 0 amide bonds. The summed E-state index contributed by atoms with van der Waals surface area (Å²) in [4.78, 5) is 13.0. The summed E-state index contributed by atoms with van der Waals surface area (Å²) < 4.78 is 13.2. The van der Waals surface area contributed by atoms with Crippen molar-refractivity contribution >= 4 is 11.7 Å². The summed E-state index contributed by atoms with van der Waals surface area (Å²) in [7, 11) is 0. The first-order valence-electron chi connectivity index (χ1n) is 6.55. The van der Waals surface area contributed by atoms with Crippen molar-refractivity contribution in [1.29, 1.82) is 0 Å². The van der Waals surface area contributed by atoms with E-state index in [1.807, 2.05) is 18.7 Å². The Morgan fingerprint density at radius 1 is 1.47 bits per heavy atom. The minimum Gasteiger partial charge on any atom is -0.480 e. The molecule has 0 saturated carbocycles. The van der Waals surface area contributed by atoms with Crippen LogP contribution in [0.3, 0.4) is 0 Å². The second-order valence-electron chi connectivity index (χ2n) is 4.36. The van der Waals surface area contributed by atoms with Crippen LogP contribution in [0.2, 0.25) is 0 Å². The van der Waals surface area contributed by atoms with Crippen LogP contribution in [0, 0.1) is 5.82 Å². The lowest BCUT2D eigenvalue weighted by atomic mass is 10.2. The van der Waals surface area contributed by atoms with Crippen molar-refractivity contribution in [3.63, 3.8) is 0 Å². The van der Waals surface area contributed by atoms with E-state index in [9.17, 15) is 14.3 Å². The Balaban J connectivity index is 2.76. The highest BCUT2D eigenvalue weighted by molar-refractivity contribution is 5.74. The highest BCUT2D eigenvalue weighted by atomic mass is 19.1. The van der Waals surface area contributed by atoms with Crippen molar-refractivity contribution in [3.8, 4) is 0 Å². The summed E-state index contributed by atoms with van der Waals surface area (Å²) in [5, 5.41) is 12.2. The van der Waals surface area contributed by atoms with Crippen molar-refractivity contribution in [2.45, 2.75) is 26.3 Å². The zero-order valence-corrected chi connectivity index (χ0v) is 11.4. The number of nitrogens with zero attached hydrogens (tertiary/aromatic N) is 1. The third-order valence-electron chi connectivity index (χ3n) is 2.90. The summed E-state index contributed by atoms with van der Waals surface area (Å²) in [6.07, 6.45) is 0.871. The Kier molecular flexibility index (Phi) is 6.29. The smallest absolute Gasteiger partial charge is 0.322 e. The van der Waals surface area contributed by atoms with Crippen molar-refractivity contribution in [3.05, 3.63) is 30.1 Å². The highest BCUT2D eigenvalue weighted by Crippen LogP contribution is 2.15. The second kappa shape index (κ2) is 7.74. The molecular formula is C14H21FN2O2. The first kappa shape index (κ1) is 15.4. The van der Waals surface area contributed by atoms with Gasteiger partial charge in [0.15, 0.2) is 0 Å². The molecule has 1 aromatic rings. The van der Waals surface area contributed by atoms with E-state index in [-0.39, 0.29) is 5.82 Å². The number of rotatable bonds is 8. The SMILES string of the molecule is CCCNC(CN(CC)c1cccc(F)c1)C(=O)O. The van der Waals surface area contributed by atoms with Gasteiger partial charge in [-0.3, -0.25) is 4.79 Å². The number of anilines is 1. The zero-order valence-electron chi connectivity index (χ0n) is 11.4. The van der Waals surface area contributed by atoms with Gasteiger partial charge in [0.2, 0.25) is 0 Å². The molecule has 2 N–H and O–H groups in total. The van der Waals surface area contributed by atoms with E-state index in [1.54, 1.807) is 12.1 Å². The normalized spacial score (nSPS) is 12.2. The van der Waals surface area contributed by atoms with Gasteiger partial charge in [-0.05, 0) is 38.1 Å². The van der Waals surface area contributed by atoms with E-state index in [0.29, 0.717) is 25.3 Å². The molecular weight excluding hydrogens is 247 g/mol. The molecule has 4 nitrogen and oxygen atoms in total. The van der Waals surface area contributed by atoms with Crippen LogP contribution in [-0.4, -0.2) is 36.8 Å². The minimum atomic E-state index is -0.886. The molecule has 1 rings (SSSR count). The van der Waals surface area contributed by atoms with Gasteiger partial charge in [-0.2, -0.15) is 0 Å². The van der Waals surface area contributed by atoms with Crippen LogP contribution in [-0.2, 0) is 4.79 Å². The largest absolute Gasteiger partial charge is 0.480 e. The molecule has 0 aliphatic rings. The number of nitrogens with one attached hydrogen (secondary N) is 1. The van der Waals surface area contributed by atoms with Crippen LogP contribution in [0.1, 0.15) is 20.3 Å². The summed E-state index contributed by atoms with van der Waals surface area (Å²) in [6.45, 7) is 5.49. The average Bonchev–Trinajstić information content (AvgIpc) is 2.38. The number of carbonyl (C=O) groups is 1. The highest BCUT2D eigenvalue weighted by Gasteiger charge is 2.19. The molecule has 1 aromatic carbocycles. The summed E-state index contributed by atoms with van der Waals surface area (Å²) in [5.41, 5.74) is 0.701. The van der Waals surface area contributed by atoms with Crippen LogP contribution in [0.4, 0.5) is 10.1 Å². The number of carboxylic acids is 1. The third-order valence-corrected chi connectivity index (χ3v) is 2.90. The molecule has 0 spiro atoms. The van der Waals surface area contributed by atoms with Gasteiger partial charge in [-0.1, -0.05) is 13.0 Å². The number of hydrogen-bond donors (Lipinski definition) is 2. The molecule has 0 aromatic heterocycles. The number of likely N-dealkylation sites (N-methyl/N-ethyl adjacent to an activating group) is 1. The molecule has 106 valence electrons. The van der Waals surface area contributed by atoms with Gasteiger partial charge in [0.05, 0.1) is 0 Å². The topological polar surface area (TPSA) is 52.6 Å². The number of benzene rings is 1. The Morgan fingerprint density at radius 2 is 2.21 bits per heavy atom. The molecule has 1 atom stereocenters. The van der Waals surface area contributed by atoms with Crippen molar-refractivity contribution in [1.82, 2.24) is 5.32 Å². The van der Waals surface area contributed by atoms with E-state index >= 15 is 0 Å². The van der Waals surface area contributed by atoms with E-state index in [0.717, 1.165) is 6.42 Å². The van der Waals surface area contributed by atoms with Gasteiger partial charge in [-0.15, -0.1) is 0 Å². The maximum absolute atomic E-state index is 13.2. The van der Waals surface area contributed by atoms with E-state index < -0.39 is 12.0 Å². The fraction of sp³-hybridized carbons (Fsp3) is 0.500. The van der Waals surface area contributed by atoms with Crippen LogP contribution in [0.15, 0.2) is 24.3 Å². The molecule has 0 aliphatic carbocycles. The molecule has 5 heteroatoms. The quantitative estimate of drug-likeness (QED) is 0.758. The predicted octanol–water partition coefficient (Wildman–Crippen LogP) is 2.10. The molecule has 19 heavy (non-hydrogen) atoms. The standard InChI is InChI=1S/C14H21FN2O2/c1-3-8-16-13(14(18)19)10-17(4-2)12-7-5-6-11(15)9-12/h5-7,9,13,16H,3-4,8,10H2,1-2H3,(H,18,19). The van der Waals surface area contributed by atoms with Crippen molar-refractivity contribution < 1.29 is 14.3 Å². The first-order chi connectivity index (χ1) is 9.08. The van der Waals surface area contributed by atoms with Gasteiger partial charge < -0.3 is 15.3 Å². The second-order valence-corrected chi connectivity index (χ2v) is 4.36. The fourth-order valence-electron chi connectivity index (χ4n) is 1.86. The monoisotopic (exact) mass is 268 g/mol. The number of halogens is 1. The number of carboxylic acid groups (broad SMARTS) is 1. The van der Waals surface area contributed by atoms with Gasteiger partial charge in [0.1, 0.15) is 11.9 Å². The molecule has 0 aliphatic heterocycles. The number of aliphatic carboxylic acids is 1. The Morgan fingerprint density at radius 3 is 2.74 bits per heavy atom. The maximum atomic E-state index is 13.2. The van der Waals surface area contributed by atoms with Gasteiger partial charge in [0, 0.05) is 18.8 Å². The van der Waals surface area contributed by atoms with Crippen molar-refractivity contribution in [2.75, 3.05) is 24.5 Å². The lowest BCUT2D eigenvalue weighted by Crippen LogP contribution is -2.46. The Hall–Kier alpha value is -1.62. The molecule has 0 heterocycles. The molecule has 1 unspecified atom stereocenters. The van der Waals surface area contributed by atoms with E-state index in [2.05, 4.69) is 5.32 Å². The van der Waals surface area contributed by atoms with Crippen LogP contribution < -0.4 is 10.2 Å². The first-order valence-corrected chi connectivity index (χ1v) is 6.55. The molecule has 0 saturated heterocycles. The lowest BCUT2D eigenvalue weighted by molar-refractivity contribution is -0.139. The van der Waals surface area contributed by atoms with Gasteiger partial charge >= 0.3 is 5.97 Å². The molecule has 0 fully saturated rings. The van der Waals surface area contributed by atoms with Crippen LogP contribution in [0.5, 0.6) is 0 Å². The van der Waals surface area contributed by atoms with Gasteiger partial charge in [-0.25, -0.2) is 4.39 Å². The summed E-state index contributed by atoms with van der Waals surface area (Å²) in [5.74, 6) is -1.20. The maximum Gasteiger partial charge on any atom is 0.322 e. The van der Waals surface area contributed by atoms with E-state index in [4.69, 9.17) is 0 Å². The van der Waals surface area contributed by atoms with Crippen LogP contribution >= 0.6 is 0 Å². The van der Waals surface area contributed by atoms with Crippen LogP contribution in [0.25, 0.3) is 0 Å². The summed E-state index contributed by atoms with van der Waals surface area (Å²) >= 11 is 0. The number of hydrogen-bond acceptors (Lipinski definition) is 3. The van der Waals surface area contributed by atoms with E-state index in [1.165, 1.54) is 12.1 Å². The average molecular weight is 268 g/mol. The third kappa shape index (κ3) is 4.87. The van der Waals surface area contributed by atoms with Crippen molar-refractivity contribution in [2.24, 2.45) is 0 Å². The summed E-state index contributed by atoms with van der Waals surface area (Å²) in [6, 6.07) is 5.56. The zero-order chi connectivity index (χ0) is 14.3. The minimum absolute atomic E-state index is 0.315. The molecule has 0 bridgehead atoms. The fourth-order valence-corrected chi connectivity index (χ4v) is 1.86. The lowest BCUT2D eigenvalue weighted by Gasteiger charge is -2.27.